The van der Waals surface area contributed by atoms with Crippen molar-refractivity contribution in [3.8, 4) is 11.3 Å². The van der Waals surface area contributed by atoms with Gasteiger partial charge in [-0.3, -0.25) is 4.79 Å². The minimum atomic E-state index is -0.588. The highest BCUT2D eigenvalue weighted by Crippen LogP contribution is 2.27. The van der Waals surface area contributed by atoms with Gasteiger partial charge in [0.1, 0.15) is 24.5 Å². The van der Waals surface area contributed by atoms with Crippen LogP contribution in [0.25, 0.3) is 22.3 Å². The number of rotatable bonds is 5. The number of piperidine rings is 1. The summed E-state index contributed by atoms with van der Waals surface area (Å²) in [5.41, 5.74) is 1.48. The van der Waals surface area contributed by atoms with Gasteiger partial charge in [0.25, 0.3) is 0 Å². The largest absolute Gasteiger partial charge is 0.633 e. The number of ether oxygens (including phenoxy) is 1. The van der Waals surface area contributed by atoms with Gasteiger partial charge in [0.2, 0.25) is 0 Å². The van der Waals surface area contributed by atoms with Gasteiger partial charge in [0.15, 0.2) is 11.0 Å². The number of quaternary nitrogens is 1. The van der Waals surface area contributed by atoms with Crippen molar-refractivity contribution in [3.05, 3.63) is 75.1 Å². The molecule has 1 aliphatic rings. The van der Waals surface area contributed by atoms with Crippen LogP contribution < -0.4 is 5.43 Å². The molecule has 4 rings (SSSR count). The maximum absolute atomic E-state index is 12.9. The topological polar surface area (TPSA) is 79.6 Å². The summed E-state index contributed by atoms with van der Waals surface area (Å²) in [5, 5.41) is 13.0. The molecule has 0 radical (unpaired) electrons. The van der Waals surface area contributed by atoms with Crippen LogP contribution in [-0.2, 0) is 4.74 Å². The van der Waals surface area contributed by atoms with Gasteiger partial charge in [-0.2, -0.15) is 0 Å². The minimum Gasteiger partial charge on any atom is -0.633 e. The van der Waals surface area contributed by atoms with Crippen LogP contribution in [0.15, 0.2) is 57.7 Å². The molecule has 0 unspecified atom stereocenters. The zero-order valence-electron chi connectivity index (χ0n) is 17.5. The summed E-state index contributed by atoms with van der Waals surface area (Å²) in [6.07, 6.45) is 2.90. The first-order valence-corrected chi connectivity index (χ1v) is 10.3. The molecule has 31 heavy (non-hydrogen) atoms. The first-order valence-electron chi connectivity index (χ1n) is 10.3. The molecule has 0 atom stereocenters. The molecule has 0 bridgehead atoms. The Bertz CT molecular complexity index is 1120. The second-order valence-corrected chi connectivity index (χ2v) is 7.86. The monoisotopic (exact) mass is 443 g/mol. The van der Waals surface area contributed by atoms with Crippen LogP contribution in [-0.4, -0.2) is 36.9 Å². The number of hydroxylamine groups is 3. The fourth-order valence-electron chi connectivity index (χ4n) is 4.03. The number of carbonyl (C=O) groups is 1. The van der Waals surface area contributed by atoms with E-state index in [-0.39, 0.29) is 46.8 Å². The second-order valence-electron chi connectivity index (χ2n) is 7.86. The van der Waals surface area contributed by atoms with E-state index in [4.69, 9.17) is 9.15 Å². The first kappa shape index (κ1) is 23.0. The summed E-state index contributed by atoms with van der Waals surface area (Å²) in [7, 11) is 0. The van der Waals surface area contributed by atoms with Crippen LogP contribution in [0.1, 0.15) is 35.2 Å². The van der Waals surface area contributed by atoms with Crippen LogP contribution >= 0.6 is 12.4 Å². The number of likely N-dealkylation sites (tertiary alicyclic amines) is 1. The van der Waals surface area contributed by atoms with E-state index in [0.717, 1.165) is 24.8 Å². The van der Waals surface area contributed by atoms with Crippen LogP contribution in [0.4, 0.5) is 0 Å². The van der Waals surface area contributed by atoms with Crippen molar-refractivity contribution in [1.29, 1.82) is 0 Å². The van der Waals surface area contributed by atoms with Crippen molar-refractivity contribution in [1.82, 2.24) is 0 Å². The Kier molecular flexibility index (Phi) is 7.15. The van der Waals surface area contributed by atoms with Crippen molar-refractivity contribution in [3.63, 3.8) is 0 Å². The predicted molar refractivity (Wildman–Crippen MR) is 122 cm³/mol. The number of carbonyl (C=O) groups excluding carboxylic acids is 1. The number of para-hydroxylation sites is 1. The van der Waals surface area contributed by atoms with Gasteiger partial charge in [0, 0.05) is 11.1 Å². The maximum atomic E-state index is 12.9. The molecule has 0 aliphatic carbocycles. The van der Waals surface area contributed by atoms with Crippen LogP contribution in [0, 0.1) is 12.1 Å². The number of esters is 1. The number of fused-ring (bicyclic) bond motifs is 1. The molecule has 1 aromatic heterocycles. The van der Waals surface area contributed by atoms with Crippen molar-refractivity contribution >= 4 is 29.3 Å². The van der Waals surface area contributed by atoms with Gasteiger partial charge in [0.05, 0.1) is 18.5 Å². The molecular formula is C24H26ClNO5. The Morgan fingerprint density at radius 1 is 1.06 bits per heavy atom. The highest BCUT2D eigenvalue weighted by Gasteiger charge is 2.23. The summed E-state index contributed by atoms with van der Waals surface area (Å²) >= 11 is 0. The maximum Gasteiger partial charge on any atom is 0.342 e. The van der Waals surface area contributed by atoms with Crippen LogP contribution in [0.5, 0.6) is 0 Å². The van der Waals surface area contributed by atoms with E-state index in [1.807, 2.05) is 30.3 Å². The molecule has 1 saturated heterocycles. The molecule has 0 spiro atoms. The Morgan fingerprint density at radius 2 is 1.77 bits per heavy atom. The van der Waals surface area contributed by atoms with E-state index in [0.29, 0.717) is 29.8 Å². The zero-order valence-corrected chi connectivity index (χ0v) is 18.3. The summed E-state index contributed by atoms with van der Waals surface area (Å²) < 4.78 is 11.2. The quantitative estimate of drug-likeness (QED) is 0.320. The van der Waals surface area contributed by atoms with Crippen LogP contribution in [0.2, 0.25) is 0 Å². The number of hydrogen-bond acceptors (Lipinski definition) is 5. The first-order chi connectivity index (χ1) is 14.5. The molecule has 164 valence electrons. The fraction of sp³-hybridized carbons (Fsp3) is 0.333. The van der Waals surface area contributed by atoms with Gasteiger partial charge in [-0.15, -0.1) is 12.4 Å². The fourth-order valence-corrected chi connectivity index (χ4v) is 4.03. The normalized spacial score (nSPS) is 15.3. The second kappa shape index (κ2) is 9.64. The highest BCUT2D eigenvalue weighted by atomic mass is 35.5. The van der Waals surface area contributed by atoms with Crippen molar-refractivity contribution in [2.24, 2.45) is 0 Å². The van der Waals surface area contributed by atoms with Gasteiger partial charge in [-0.05, 0) is 38.3 Å². The van der Waals surface area contributed by atoms with Crippen molar-refractivity contribution < 1.29 is 18.6 Å². The van der Waals surface area contributed by atoms with Crippen LogP contribution in [0.3, 0.4) is 0 Å². The van der Waals surface area contributed by atoms with Gasteiger partial charge in [-0.25, -0.2) is 4.79 Å². The van der Waals surface area contributed by atoms with Crippen molar-refractivity contribution in [2.75, 3.05) is 26.2 Å². The third kappa shape index (κ3) is 4.82. The Labute approximate surface area is 187 Å². The van der Waals surface area contributed by atoms with E-state index >= 15 is 0 Å². The number of hydrogen-bond donors (Lipinski definition) is 0. The van der Waals surface area contributed by atoms with E-state index in [1.54, 1.807) is 25.1 Å². The predicted octanol–water partition coefficient (Wildman–Crippen LogP) is 4.85. The lowest BCUT2D eigenvalue weighted by molar-refractivity contribution is -0.885. The lowest BCUT2D eigenvalue weighted by Crippen LogP contribution is -2.48. The zero-order chi connectivity index (χ0) is 21.1. The smallest absolute Gasteiger partial charge is 0.342 e. The Balaban J connectivity index is 0.00000272. The summed E-state index contributed by atoms with van der Waals surface area (Å²) in [5.74, 6) is -0.152. The average molecular weight is 444 g/mol. The van der Waals surface area contributed by atoms with Gasteiger partial charge >= 0.3 is 5.97 Å². The van der Waals surface area contributed by atoms with Gasteiger partial charge in [-0.1, -0.05) is 36.4 Å². The Morgan fingerprint density at radius 3 is 2.48 bits per heavy atom. The minimum absolute atomic E-state index is 0. The van der Waals surface area contributed by atoms with E-state index in [1.165, 1.54) is 0 Å². The van der Waals surface area contributed by atoms with E-state index < -0.39 is 5.97 Å². The molecule has 1 aliphatic heterocycles. The molecule has 0 saturated carbocycles. The molecule has 0 amide bonds. The molecule has 7 heteroatoms. The molecule has 0 N–H and O–H groups in total. The highest BCUT2D eigenvalue weighted by molar-refractivity contribution is 6.02. The average Bonchev–Trinajstić information content (AvgIpc) is 2.76. The third-order valence-corrected chi connectivity index (χ3v) is 5.76. The summed E-state index contributed by atoms with van der Waals surface area (Å²) in [6, 6.07) is 14.2. The summed E-state index contributed by atoms with van der Waals surface area (Å²) in [6.45, 7) is 3.14. The number of benzene rings is 2. The molecular weight excluding hydrogens is 418 g/mol. The lowest BCUT2D eigenvalue weighted by Gasteiger charge is -2.45. The SMILES string of the molecule is Cc1c(-c2ccccc2)oc2c(C(=O)OCC[N+]3([O-])CCCCC3)cccc2c1=O.Cl. The summed E-state index contributed by atoms with van der Waals surface area (Å²) in [4.78, 5) is 25.7. The lowest BCUT2D eigenvalue weighted by atomic mass is 10.0. The molecule has 1 fully saturated rings. The van der Waals surface area contributed by atoms with Gasteiger partial charge < -0.3 is 19.0 Å². The third-order valence-electron chi connectivity index (χ3n) is 5.76. The molecule has 2 aromatic carbocycles. The molecule has 6 nitrogen and oxygen atoms in total. The number of nitrogens with zero attached hydrogens (tertiary/aromatic N) is 1. The molecule has 3 aromatic rings. The Hall–Kier alpha value is -2.67. The van der Waals surface area contributed by atoms with E-state index in [9.17, 15) is 14.8 Å². The number of halogens is 1. The molecule has 2 heterocycles. The van der Waals surface area contributed by atoms with Crippen molar-refractivity contribution in [2.45, 2.75) is 26.2 Å². The standard InChI is InChI=1S/C24H25NO5.ClH/c1-17-21(26)19-11-8-12-20(23(19)30-22(17)18-9-4-2-5-10-18)24(27)29-16-15-25(28)13-6-3-7-14-25;/h2,4-5,8-12H,3,6-7,13-16H2,1H3;1H. The van der Waals surface area contributed by atoms with E-state index in [2.05, 4.69) is 0 Å².